The van der Waals surface area contributed by atoms with Gasteiger partial charge in [0.15, 0.2) is 0 Å². The van der Waals surface area contributed by atoms with E-state index < -0.39 is 0 Å². The van der Waals surface area contributed by atoms with E-state index in [2.05, 4.69) is 26.0 Å². The van der Waals surface area contributed by atoms with Gasteiger partial charge in [-0.05, 0) is 72.5 Å². The zero-order chi connectivity index (χ0) is 26.8. The van der Waals surface area contributed by atoms with E-state index in [1.54, 1.807) is 12.1 Å². The minimum Gasteiger partial charge on any atom is -0.494 e. The Balaban J connectivity index is 1.41. The molecule has 0 aliphatic carbocycles. The third-order valence-electron chi connectivity index (χ3n) is 6.63. The van der Waals surface area contributed by atoms with Crippen molar-refractivity contribution < 1.29 is 19.0 Å². The standard InChI is InChI=1S/C34H44O4/c1-3-5-7-9-11-13-27-37-32-22-18-30(19-23-32)34(35)38-33-24-16-29(17-25-33)28-14-20-31(21-15-28)36-26-12-10-8-6-4-2/h14-25H,3-13,26-27H2,1-2H3. The van der Waals surface area contributed by atoms with E-state index >= 15 is 0 Å². The average molecular weight is 517 g/mol. The number of hydrogen-bond acceptors (Lipinski definition) is 4. The molecule has 204 valence electrons. The second-order valence-electron chi connectivity index (χ2n) is 9.84. The van der Waals surface area contributed by atoms with E-state index in [9.17, 15) is 4.79 Å². The topological polar surface area (TPSA) is 44.8 Å². The number of unbranched alkanes of at least 4 members (excludes halogenated alkanes) is 9. The molecule has 3 rings (SSSR count). The summed E-state index contributed by atoms with van der Waals surface area (Å²) in [4.78, 5) is 12.6. The molecule has 0 aliphatic rings. The van der Waals surface area contributed by atoms with Crippen LogP contribution in [0.4, 0.5) is 0 Å². The molecule has 4 nitrogen and oxygen atoms in total. The second kappa shape index (κ2) is 17.3. The molecule has 0 fully saturated rings. The van der Waals surface area contributed by atoms with E-state index in [-0.39, 0.29) is 5.97 Å². The van der Waals surface area contributed by atoms with E-state index in [0.717, 1.165) is 42.1 Å². The van der Waals surface area contributed by atoms with Gasteiger partial charge in [-0.1, -0.05) is 95.9 Å². The molecule has 0 bridgehead atoms. The van der Waals surface area contributed by atoms with Gasteiger partial charge in [0.05, 0.1) is 18.8 Å². The van der Waals surface area contributed by atoms with Crippen LogP contribution in [0.2, 0.25) is 0 Å². The van der Waals surface area contributed by atoms with Crippen molar-refractivity contribution in [1.82, 2.24) is 0 Å². The molecule has 0 aliphatic heterocycles. The van der Waals surface area contributed by atoms with Gasteiger partial charge in [0.1, 0.15) is 17.2 Å². The first-order valence-electron chi connectivity index (χ1n) is 14.5. The molecule has 0 saturated carbocycles. The average Bonchev–Trinajstić information content (AvgIpc) is 2.95. The fourth-order valence-electron chi connectivity index (χ4n) is 4.28. The van der Waals surface area contributed by atoms with Gasteiger partial charge in [0.2, 0.25) is 0 Å². The van der Waals surface area contributed by atoms with Crippen LogP contribution >= 0.6 is 0 Å². The SMILES string of the molecule is CCCCCCCCOc1ccc(C(=O)Oc2ccc(-c3ccc(OCCCCCCC)cc3)cc2)cc1. The molecular formula is C34H44O4. The van der Waals surface area contributed by atoms with Crippen LogP contribution in [0.3, 0.4) is 0 Å². The largest absolute Gasteiger partial charge is 0.494 e. The Morgan fingerprint density at radius 1 is 0.500 bits per heavy atom. The molecule has 3 aromatic rings. The van der Waals surface area contributed by atoms with Crippen molar-refractivity contribution in [1.29, 1.82) is 0 Å². The van der Waals surface area contributed by atoms with E-state index in [0.29, 0.717) is 17.9 Å². The van der Waals surface area contributed by atoms with Gasteiger partial charge in [0, 0.05) is 0 Å². The van der Waals surface area contributed by atoms with Crippen LogP contribution in [0.25, 0.3) is 11.1 Å². The number of rotatable bonds is 18. The van der Waals surface area contributed by atoms with Crippen molar-refractivity contribution in [3.8, 4) is 28.4 Å². The number of carbonyl (C=O) groups is 1. The van der Waals surface area contributed by atoms with Gasteiger partial charge < -0.3 is 14.2 Å². The summed E-state index contributed by atoms with van der Waals surface area (Å²) >= 11 is 0. The number of ether oxygens (including phenoxy) is 3. The molecule has 0 radical (unpaired) electrons. The number of hydrogen-bond donors (Lipinski definition) is 0. The number of esters is 1. The Hall–Kier alpha value is -3.27. The molecule has 38 heavy (non-hydrogen) atoms. The van der Waals surface area contributed by atoms with Gasteiger partial charge in [-0.25, -0.2) is 4.79 Å². The highest BCUT2D eigenvalue weighted by Gasteiger charge is 2.09. The number of carbonyl (C=O) groups excluding carboxylic acids is 1. The van der Waals surface area contributed by atoms with E-state index in [1.807, 2.05) is 48.5 Å². The first-order valence-corrected chi connectivity index (χ1v) is 14.5. The lowest BCUT2D eigenvalue weighted by atomic mass is 10.1. The highest BCUT2D eigenvalue weighted by atomic mass is 16.5. The van der Waals surface area contributed by atoms with Crippen LogP contribution in [0.1, 0.15) is 94.8 Å². The monoisotopic (exact) mass is 516 g/mol. The lowest BCUT2D eigenvalue weighted by Gasteiger charge is -2.09. The zero-order valence-electron chi connectivity index (χ0n) is 23.3. The predicted octanol–water partition coefficient (Wildman–Crippen LogP) is 9.66. The van der Waals surface area contributed by atoms with Crippen molar-refractivity contribution in [3.05, 3.63) is 78.4 Å². The maximum absolute atomic E-state index is 12.6. The fraction of sp³-hybridized carbons (Fsp3) is 0.441. The second-order valence-corrected chi connectivity index (χ2v) is 9.84. The summed E-state index contributed by atoms with van der Waals surface area (Å²) in [6.45, 7) is 5.92. The first kappa shape index (κ1) is 29.3. The molecule has 0 amide bonds. The first-order chi connectivity index (χ1) is 18.7. The highest BCUT2D eigenvalue weighted by Crippen LogP contribution is 2.25. The zero-order valence-corrected chi connectivity index (χ0v) is 23.3. The maximum Gasteiger partial charge on any atom is 0.343 e. The number of benzene rings is 3. The van der Waals surface area contributed by atoms with E-state index in [1.165, 1.54) is 57.8 Å². The molecule has 0 spiro atoms. The van der Waals surface area contributed by atoms with Crippen LogP contribution < -0.4 is 14.2 Å². The quantitative estimate of drug-likeness (QED) is 0.0959. The summed E-state index contributed by atoms with van der Waals surface area (Å²) in [5, 5.41) is 0. The van der Waals surface area contributed by atoms with E-state index in [4.69, 9.17) is 14.2 Å². The minimum atomic E-state index is -0.378. The summed E-state index contributed by atoms with van der Waals surface area (Å²) in [7, 11) is 0. The Kier molecular flexibility index (Phi) is 13.3. The molecule has 0 unspecified atom stereocenters. The summed E-state index contributed by atoms with van der Waals surface area (Å²) in [5.41, 5.74) is 2.65. The predicted molar refractivity (Wildman–Crippen MR) is 156 cm³/mol. The summed E-state index contributed by atoms with van der Waals surface area (Å²) in [5.74, 6) is 1.82. The Morgan fingerprint density at radius 2 is 0.895 bits per heavy atom. The molecule has 0 heterocycles. The van der Waals surface area contributed by atoms with Crippen LogP contribution in [0, 0.1) is 0 Å². The molecular weight excluding hydrogens is 472 g/mol. The molecule has 0 aromatic heterocycles. The van der Waals surface area contributed by atoms with Crippen LogP contribution in [-0.4, -0.2) is 19.2 Å². The molecule has 0 N–H and O–H groups in total. The third kappa shape index (κ3) is 10.6. The maximum atomic E-state index is 12.6. The molecule has 3 aromatic carbocycles. The van der Waals surface area contributed by atoms with Crippen molar-refractivity contribution >= 4 is 5.97 Å². The van der Waals surface area contributed by atoms with Gasteiger partial charge >= 0.3 is 5.97 Å². The smallest absolute Gasteiger partial charge is 0.343 e. The van der Waals surface area contributed by atoms with Crippen LogP contribution in [-0.2, 0) is 0 Å². The van der Waals surface area contributed by atoms with Crippen molar-refractivity contribution in [3.63, 3.8) is 0 Å². The molecule has 4 heteroatoms. The van der Waals surface area contributed by atoms with Crippen molar-refractivity contribution in [2.45, 2.75) is 84.5 Å². The summed E-state index contributed by atoms with van der Waals surface area (Å²) in [6, 6.07) is 22.9. The lowest BCUT2D eigenvalue weighted by molar-refractivity contribution is 0.0734. The van der Waals surface area contributed by atoms with Gasteiger partial charge in [-0.2, -0.15) is 0 Å². The summed E-state index contributed by atoms with van der Waals surface area (Å²) in [6.07, 6.45) is 13.6. The van der Waals surface area contributed by atoms with Gasteiger partial charge in [-0.15, -0.1) is 0 Å². The third-order valence-corrected chi connectivity index (χ3v) is 6.63. The van der Waals surface area contributed by atoms with Crippen molar-refractivity contribution in [2.75, 3.05) is 13.2 Å². The fourth-order valence-corrected chi connectivity index (χ4v) is 4.28. The van der Waals surface area contributed by atoms with Crippen molar-refractivity contribution in [2.24, 2.45) is 0 Å². The van der Waals surface area contributed by atoms with Crippen LogP contribution in [0.15, 0.2) is 72.8 Å². The minimum absolute atomic E-state index is 0.378. The highest BCUT2D eigenvalue weighted by molar-refractivity contribution is 5.91. The van der Waals surface area contributed by atoms with Gasteiger partial charge in [0.25, 0.3) is 0 Å². The Bertz CT molecular complexity index is 1040. The Labute approximate surface area is 229 Å². The van der Waals surface area contributed by atoms with Gasteiger partial charge in [-0.3, -0.25) is 0 Å². The lowest BCUT2D eigenvalue weighted by Crippen LogP contribution is -2.08. The molecule has 0 atom stereocenters. The summed E-state index contributed by atoms with van der Waals surface area (Å²) < 4.78 is 17.2. The van der Waals surface area contributed by atoms with Crippen LogP contribution in [0.5, 0.6) is 17.2 Å². The Morgan fingerprint density at radius 3 is 1.37 bits per heavy atom. The normalized spacial score (nSPS) is 10.8. The molecule has 0 saturated heterocycles.